The molecular weight excluding hydrogens is 485 g/mol. The quantitative estimate of drug-likeness (QED) is 0.438. The van der Waals surface area contributed by atoms with E-state index in [0.29, 0.717) is 23.4 Å². The van der Waals surface area contributed by atoms with Crippen molar-refractivity contribution in [2.24, 2.45) is 17.3 Å². The molecule has 4 rings (SSSR count). The summed E-state index contributed by atoms with van der Waals surface area (Å²) in [5, 5.41) is 2.88. The Hall–Kier alpha value is -2.31. The summed E-state index contributed by atoms with van der Waals surface area (Å²) in [5.41, 5.74) is 0.240. The highest BCUT2D eigenvalue weighted by Crippen LogP contribution is 2.42. The lowest BCUT2D eigenvalue weighted by Crippen LogP contribution is -2.45. The van der Waals surface area contributed by atoms with Crippen molar-refractivity contribution in [3.05, 3.63) is 76.3 Å². The van der Waals surface area contributed by atoms with Gasteiger partial charge in [-0.15, -0.1) is 0 Å². The van der Waals surface area contributed by atoms with Crippen molar-refractivity contribution in [1.82, 2.24) is 10.2 Å². The van der Waals surface area contributed by atoms with Crippen LogP contribution in [0.25, 0.3) is 6.08 Å². The second-order valence-electron chi connectivity index (χ2n) is 10.7. The number of nitrogens with zero attached hydrogens (tertiary/aromatic N) is 1. The summed E-state index contributed by atoms with van der Waals surface area (Å²) in [6.45, 7) is 6.32. The fourth-order valence-corrected chi connectivity index (χ4v) is 5.91. The fraction of sp³-hybridized carbons (Fsp3) is 0.483. The number of alkyl halides is 3. The molecule has 1 N–H and O–H groups in total. The van der Waals surface area contributed by atoms with Crippen LogP contribution in [0.4, 0.5) is 13.2 Å². The lowest BCUT2D eigenvalue weighted by Gasteiger charge is -2.39. The number of rotatable bonds is 6. The van der Waals surface area contributed by atoms with Crippen LogP contribution in [0.2, 0.25) is 5.02 Å². The predicted molar refractivity (Wildman–Crippen MR) is 138 cm³/mol. The number of piperidine rings is 1. The van der Waals surface area contributed by atoms with Crippen LogP contribution in [0.1, 0.15) is 56.2 Å². The van der Waals surface area contributed by atoms with E-state index in [4.69, 9.17) is 11.6 Å². The fourth-order valence-electron chi connectivity index (χ4n) is 5.65. The van der Waals surface area contributed by atoms with Crippen LogP contribution < -0.4 is 5.32 Å². The Bertz CT molecular complexity index is 1090. The SMILES string of the molecule is C[C@H]1CN(C2CCC(C)(C(=O)NCc3cc(Cl)cc(C(F)(F)F)c3)C2)CC[C@H]1/C=C\c1ccccc1. The molecule has 1 saturated carbocycles. The molecule has 194 valence electrons. The molecule has 1 saturated heterocycles. The van der Waals surface area contributed by atoms with Gasteiger partial charge in [-0.3, -0.25) is 4.79 Å². The van der Waals surface area contributed by atoms with Gasteiger partial charge in [0, 0.05) is 29.6 Å². The summed E-state index contributed by atoms with van der Waals surface area (Å²) >= 11 is 5.88. The van der Waals surface area contributed by atoms with Crippen molar-refractivity contribution in [3.8, 4) is 0 Å². The molecule has 3 nitrogen and oxygen atoms in total. The maximum atomic E-state index is 13.1. The number of benzene rings is 2. The molecule has 1 aliphatic carbocycles. The molecule has 2 aromatic carbocycles. The van der Waals surface area contributed by atoms with Crippen LogP contribution in [-0.2, 0) is 17.5 Å². The van der Waals surface area contributed by atoms with Crippen molar-refractivity contribution in [1.29, 1.82) is 0 Å². The van der Waals surface area contributed by atoms with E-state index in [-0.39, 0.29) is 17.5 Å². The Kier molecular flexibility index (Phi) is 8.15. The second-order valence-corrected chi connectivity index (χ2v) is 11.1. The Morgan fingerprint density at radius 1 is 1.19 bits per heavy atom. The van der Waals surface area contributed by atoms with Crippen LogP contribution in [0, 0.1) is 17.3 Å². The number of hydrogen-bond donors (Lipinski definition) is 1. The van der Waals surface area contributed by atoms with E-state index in [1.165, 1.54) is 11.6 Å². The van der Waals surface area contributed by atoms with E-state index in [1.54, 1.807) is 0 Å². The summed E-state index contributed by atoms with van der Waals surface area (Å²) in [7, 11) is 0. The number of likely N-dealkylation sites (tertiary alicyclic amines) is 1. The molecule has 7 heteroatoms. The van der Waals surface area contributed by atoms with Gasteiger partial charge in [-0.25, -0.2) is 0 Å². The molecule has 2 unspecified atom stereocenters. The van der Waals surface area contributed by atoms with Crippen LogP contribution in [0.5, 0.6) is 0 Å². The van der Waals surface area contributed by atoms with Gasteiger partial charge in [0.15, 0.2) is 0 Å². The third kappa shape index (κ3) is 6.51. The van der Waals surface area contributed by atoms with Gasteiger partial charge < -0.3 is 10.2 Å². The topological polar surface area (TPSA) is 32.3 Å². The molecule has 4 atom stereocenters. The Labute approximate surface area is 216 Å². The molecule has 36 heavy (non-hydrogen) atoms. The van der Waals surface area contributed by atoms with Gasteiger partial charge in [0.05, 0.1) is 5.56 Å². The number of halogens is 4. The van der Waals surface area contributed by atoms with Gasteiger partial charge in [-0.2, -0.15) is 13.2 Å². The van der Waals surface area contributed by atoms with Gasteiger partial charge in [-0.05, 0) is 73.4 Å². The molecule has 0 spiro atoms. The minimum absolute atomic E-state index is 0.0114. The smallest absolute Gasteiger partial charge is 0.352 e. The summed E-state index contributed by atoms with van der Waals surface area (Å²) in [6, 6.07) is 14.1. The molecule has 1 amide bonds. The largest absolute Gasteiger partial charge is 0.416 e. The monoisotopic (exact) mass is 518 g/mol. The molecule has 2 fully saturated rings. The number of amides is 1. The van der Waals surface area contributed by atoms with Crippen molar-refractivity contribution in [2.75, 3.05) is 13.1 Å². The summed E-state index contributed by atoms with van der Waals surface area (Å²) in [4.78, 5) is 15.6. The number of carbonyl (C=O) groups excluding carboxylic acids is 1. The standard InChI is InChI=1S/C29H34ClF3N2O/c1-20-19-35(13-11-23(20)9-8-21-6-4-3-5-7-21)26-10-12-28(2,17-26)27(36)34-18-22-14-24(29(31,32)33)16-25(30)15-22/h3-9,14-16,20,23,26H,10-13,17-19H2,1-2H3,(H,34,36)/b9-8-/t20-,23+,26?,28?/m0/s1. The van der Waals surface area contributed by atoms with Gasteiger partial charge in [0.2, 0.25) is 5.91 Å². The second kappa shape index (κ2) is 11.0. The molecular formula is C29H34ClF3N2O. The average Bonchev–Trinajstić information content (AvgIpc) is 3.25. The maximum absolute atomic E-state index is 13.1. The van der Waals surface area contributed by atoms with Crippen molar-refractivity contribution < 1.29 is 18.0 Å². The number of carbonyl (C=O) groups is 1. The van der Waals surface area contributed by atoms with Crippen LogP contribution in [-0.4, -0.2) is 29.9 Å². The van der Waals surface area contributed by atoms with Crippen LogP contribution in [0.15, 0.2) is 54.6 Å². The van der Waals surface area contributed by atoms with Gasteiger partial charge in [0.25, 0.3) is 0 Å². The Morgan fingerprint density at radius 2 is 1.94 bits per heavy atom. The zero-order chi connectivity index (χ0) is 25.9. The average molecular weight is 519 g/mol. The Morgan fingerprint density at radius 3 is 2.64 bits per heavy atom. The zero-order valence-corrected chi connectivity index (χ0v) is 21.6. The van der Waals surface area contributed by atoms with Crippen molar-refractivity contribution in [3.63, 3.8) is 0 Å². The van der Waals surface area contributed by atoms with E-state index in [2.05, 4.69) is 41.4 Å². The summed E-state index contributed by atoms with van der Waals surface area (Å²) in [6.07, 6.45) is 3.66. The number of allylic oxidation sites excluding steroid dienone is 1. The number of nitrogens with one attached hydrogen (secondary N) is 1. The van der Waals surface area contributed by atoms with Crippen molar-refractivity contribution >= 4 is 23.6 Å². The minimum atomic E-state index is -4.48. The van der Waals surface area contributed by atoms with E-state index in [0.717, 1.165) is 50.9 Å². The van der Waals surface area contributed by atoms with E-state index in [1.807, 2.05) is 25.1 Å². The molecule has 2 aromatic rings. The Balaban J connectivity index is 1.30. The molecule has 1 heterocycles. The van der Waals surface area contributed by atoms with E-state index >= 15 is 0 Å². The summed E-state index contributed by atoms with van der Waals surface area (Å²) in [5.74, 6) is 0.967. The summed E-state index contributed by atoms with van der Waals surface area (Å²) < 4.78 is 39.3. The highest BCUT2D eigenvalue weighted by atomic mass is 35.5. The van der Waals surface area contributed by atoms with Crippen molar-refractivity contribution in [2.45, 2.75) is 58.3 Å². The third-order valence-electron chi connectivity index (χ3n) is 7.86. The molecule has 0 radical (unpaired) electrons. The first kappa shape index (κ1) is 26.7. The normalized spacial score (nSPS) is 27.4. The minimum Gasteiger partial charge on any atom is -0.352 e. The van der Waals surface area contributed by atoms with E-state index in [9.17, 15) is 18.0 Å². The van der Waals surface area contributed by atoms with Gasteiger partial charge in [0.1, 0.15) is 0 Å². The van der Waals surface area contributed by atoms with E-state index < -0.39 is 17.2 Å². The third-order valence-corrected chi connectivity index (χ3v) is 8.07. The maximum Gasteiger partial charge on any atom is 0.416 e. The van der Waals surface area contributed by atoms with Gasteiger partial charge >= 0.3 is 6.18 Å². The van der Waals surface area contributed by atoms with Crippen LogP contribution >= 0.6 is 11.6 Å². The highest BCUT2D eigenvalue weighted by molar-refractivity contribution is 6.30. The first-order chi connectivity index (χ1) is 17.0. The lowest BCUT2D eigenvalue weighted by molar-refractivity contribution is -0.137. The number of hydrogen-bond acceptors (Lipinski definition) is 2. The first-order valence-corrected chi connectivity index (χ1v) is 13.0. The lowest BCUT2D eigenvalue weighted by atomic mass is 9.84. The van der Waals surface area contributed by atoms with Gasteiger partial charge in [-0.1, -0.05) is 67.9 Å². The molecule has 0 aromatic heterocycles. The molecule has 0 bridgehead atoms. The molecule has 2 aliphatic rings. The van der Waals surface area contributed by atoms with Crippen LogP contribution in [0.3, 0.4) is 0 Å². The first-order valence-electron chi connectivity index (χ1n) is 12.7. The predicted octanol–water partition coefficient (Wildman–Crippen LogP) is 7.21. The highest BCUT2D eigenvalue weighted by Gasteiger charge is 2.44. The molecule has 1 aliphatic heterocycles. The zero-order valence-electron chi connectivity index (χ0n) is 20.8.